The van der Waals surface area contributed by atoms with Crippen molar-refractivity contribution in [1.82, 2.24) is 5.32 Å². The van der Waals surface area contributed by atoms with Crippen molar-refractivity contribution >= 4 is 27.5 Å². The van der Waals surface area contributed by atoms with E-state index in [-0.39, 0.29) is 22.3 Å². The van der Waals surface area contributed by atoms with E-state index in [4.69, 9.17) is 0 Å². The second-order valence-corrected chi connectivity index (χ2v) is 5.62. The first-order valence-corrected chi connectivity index (χ1v) is 7.01. The number of aliphatic hydroxyl groups is 1. The quantitative estimate of drug-likeness (QED) is 0.612. The number of carbonyl (C=O) groups is 1. The number of hydrogen-bond acceptors (Lipinski definition) is 4. The molecule has 0 saturated heterocycles. The molecule has 0 bridgehead atoms. The van der Waals surface area contributed by atoms with Gasteiger partial charge in [0.1, 0.15) is 4.47 Å². The summed E-state index contributed by atoms with van der Waals surface area (Å²) in [4.78, 5) is 22.3. The van der Waals surface area contributed by atoms with E-state index in [1.165, 1.54) is 18.2 Å². The summed E-state index contributed by atoms with van der Waals surface area (Å²) in [5, 5.41) is 23.4. The molecule has 1 amide bonds. The van der Waals surface area contributed by atoms with Crippen LogP contribution in [-0.4, -0.2) is 28.1 Å². The van der Waals surface area contributed by atoms with Crippen LogP contribution in [0.1, 0.15) is 37.0 Å². The predicted octanol–water partition coefficient (Wildman–Crippen LogP) is 2.64. The Hall–Kier alpha value is -1.47. The van der Waals surface area contributed by atoms with E-state index >= 15 is 0 Å². The van der Waals surface area contributed by atoms with Gasteiger partial charge in [-0.05, 0) is 35.3 Å². The molecule has 1 unspecified atom stereocenters. The molecule has 0 aliphatic carbocycles. The summed E-state index contributed by atoms with van der Waals surface area (Å²) >= 11 is 3.07. The number of nitrogens with one attached hydrogen (secondary N) is 1. The van der Waals surface area contributed by atoms with Gasteiger partial charge in [0.2, 0.25) is 0 Å². The van der Waals surface area contributed by atoms with E-state index in [0.717, 1.165) is 6.42 Å². The SMILES string of the molecule is CCCC(C)(O)CNC(=O)c1cccc([N+](=O)[O-])c1Br. The number of nitro groups is 1. The van der Waals surface area contributed by atoms with Crippen molar-refractivity contribution in [2.24, 2.45) is 0 Å². The fourth-order valence-electron chi connectivity index (χ4n) is 1.83. The van der Waals surface area contributed by atoms with Gasteiger partial charge in [0.05, 0.1) is 16.1 Å². The first-order valence-electron chi connectivity index (χ1n) is 6.22. The lowest BCUT2D eigenvalue weighted by molar-refractivity contribution is -0.385. The number of nitrogens with zero attached hydrogens (tertiary/aromatic N) is 1. The molecule has 6 nitrogen and oxygen atoms in total. The van der Waals surface area contributed by atoms with Gasteiger partial charge in [-0.1, -0.05) is 19.4 Å². The molecular weight excluding hydrogens is 328 g/mol. The Labute approximate surface area is 125 Å². The summed E-state index contributed by atoms with van der Waals surface area (Å²) < 4.78 is 0.137. The average Bonchev–Trinajstić information content (AvgIpc) is 2.36. The Kier molecular flexibility index (Phi) is 5.64. The standard InChI is InChI=1S/C13H17BrN2O4/c1-3-7-13(2,18)8-15-12(17)9-5-4-6-10(11(9)14)16(19)20/h4-6,18H,3,7-8H2,1-2H3,(H,15,17). The number of hydrogen-bond donors (Lipinski definition) is 2. The molecule has 1 atom stereocenters. The van der Waals surface area contributed by atoms with Crippen LogP contribution in [-0.2, 0) is 0 Å². The number of benzene rings is 1. The van der Waals surface area contributed by atoms with Gasteiger partial charge in [0.15, 0.2) is 0 Å². The average molecular weight is 345 g/mol. The van der Waals surface area contributed by atoms with Gasteiger partial charge in [-0.15, -0.1) is 0 Å². The highest BCUT2D eigenvalue weighted by atomic mass is 79.9. The number of carbonyl (C=O) groups excluding carboxylic acids is 1. The third-order valence-corrected chi connectivity index (χ3v) is 3.67. The van der Waals surface area contributed by atoms with E-state index in [0.29, 0.717) is 6.42 Å². The maximum absolute atomic E-state index is 12.0. The lowest BCUT2D eigenvalue weighted by Crippen LogP contribution is -2.40. The fourth-order valence-corrected chi connectivity index (χ4v) is 2.42. The molecule has 0 radical (unpaired) electrons. The number of rotatable bonds is 6. The monoisotopic (exact) mass is 344 g/mol. The minimum absolute atomic E-state index is 0.0921. The molecule has 1 aromatic rings. The van der Waals surface area contributed by atoms with Gasteiger partial charge >= 0.3 is 0 Å². The van der Waals surface area contributed by atoms with Crippen molar-refractivity contribution in [3.63, 3.8) is 0 Å². The zero-order chi connectivity index (χ0) is 15.3. The van der Waals surface area contributed by atoms with Crippen molar-refractivity contribution in [2.45, 2.75) is 32.3 Å². The normalized spacial score (nSPS) is 13.6. The van der Waals surface area contributed by atoms with Crippen LogP contribution in [0.15, 0.2) is 22.7 Å². The van der Waals surface area contributed by atoms with Crippen molar-refractivity contribution < 1.29 is 14.8 Å². The van der Waals surface area contributed by atoms with Gasteiger partial charge in [-0.3, -0.25) is 14.9 Å². The summed E-state index contributed by atoms with van der Waals surface area (Å²) in [6.45, 7) is 3.67. The van der Waals surface area contributed by atoms with Crippen LogP contribution in [0, 0.1) is 10.1 Å². The third kappa shape index (κ3) is 4.28. The number of nitro benzene ring substituents is 1. The molecule has 0 spiro atoms. The molecule has 0 fully saturated rings. The van der Waals surface area contributed by atoms with E-state index in [9.17, 15) is 20.0 Å². The number of halogens is 1. The second kappa shape index (κ2) is 6.81. The Morgan fingerprint density at radius 3 is 2.75 bits per heavy atom. The Bertz CT molecular complexity index is 517. The summed E-state index contributed by atoms with van der Waals surface area (Å²) in [6, 6.07) is 4.25. The molecule has 0 saturated carbocycles. The van der Waals surface area contributed by atoms with Crippen LogP contribution in [0.2, 0.25) is 0 Å². The molecule has 1 aromatic carbocycles. The van der Waals surface area contributed by atoms with Gasteiger partial charge in [-0.25, -0.2) is 0 Å². The first-order chi connectivity index (χ1) is 9.28. The largest absolute Gasteiger partial charge is 0.388 e. The van der Waals surface area contributed by atoms with Gasteiger partial charge in [0, 0.05) is 12.6 Å². The topological polar surface area (TPSA) is 92.5 Å². The highest BCUT2D eigenvalue weighted by molar-refractivity contribution is 9.10. The molecule has 0 aliphatic heterocycles. The molecule has 110 valence electrons. The maximum Gasteiger partial charge on any atom is 0.284 e. The predicted molar refractivity (Wildman–Crippen MR) is 78.7 cm³/mol. The van der Waals surface area contributed by atoms with E-state index in [2.05, 4.69) is 21.2 Å². The Morgan fingerprint density at radius 1 is 1.55 bits per heavy atom. The zero-order valence-corrected chi connectivity index (χ0v) is 12.9. The lowest BCUT2D eigenvalue weighted by atomic mass is 10.0. The highest BCUT2D eigenvalue weighted by Gasteiger charge is 2.23. The molecular formula is C13H17BrN2O4. The summed E-state index contributed by atoms with van der Waals surface area (Å²) in [7, 11) is 0. The summed E-state index contributed by atoms with van der Waals surface area (Å²) in [5.41, 5.74) is -0.984. The van der Waals surface area contributed by atoms with Gasteiger partial charge < -0.3 is 10.4 Å². The minimum Gasteiger partial charge on any atom is -0.388 e. The van der Waals surface area contributed by atoms with Crippen LogP contribution < -0.4 is 5.32 Å². The second-order valence-electron chi connectivity index (χ2n) is 4.83. The van der Waals surface area contributed by atoms with Crippen molar-refractivity contribution in [1.29, 1.82) is 0 Å². The van der Waals surface area contributed by atoms with Crippen LogP contribution in [0.4, 0.5) is 5.69 Å². The van der Waals surface area contributed by atoms with Crippen LogP contribution in [0.5, 0.6) is 0 Å². The van der Waals surface area contributed by atoms with Crippen molar-refractivity contribution in [3.05, 3.63) is 38.3 Å². The highest BCUT2D eigenvalue weighted by Crippen LogP contribution is 2.28. The molecule has 7 heteroatoms. The summed E-state index contributed by atoms with van der Waals surface area (Å²) in [5.74, 6) is -0.461. The van der Waals surface area contributed by atoms with E-state index in [1.807, 2.05) is 6.92 Å². The zero-order valence-electron chi connectivity index (χ0n) is 11.4. The van der Waals surface area contributed by atoms with Gasteiger partial charge in [0.25, 0.3) is 11.6 Å². The Balaban J connectivity index is 2.84. The molecule has 1 rings (SSSR count). The van der Waals surface area contributed by atoms with Crippen molar-refractivity contribution in [3.8, 4) is 0 Å². The maximum atomic E-state index is 12.0. The molecule has 0 heterocycles. The van der Waals surface area contributed by atoms with Crippen molar-refractivity contribution in [2.75, 3.05) is 6.54 Å². The van der Waals surface area contributed by atoms with Crippen LogP contribution in [0.3, 0.4) is 0 Å². The number of amides is 1. The van der Waals surface area contributed by atoms with E-state index < -0.39 is 16.4 Å². The first kappa shape index (κ1) is 16.6. The van der Waals surface area contributed by atoms with E-state index in [1.54, 1.807) is 6.92 Å². The summed E-state index contributed by atoms with van der Waals surface area (Å²) in [6.07, 6.45) is 1.35. The fraction of sp³-hybridized carbons (Fsp3) is 0.462. The van der Waals surface area contributed by atoms with Gasteiger partial charge in [-0.2, -0.15) is 0 Å². The molecule has 0 aromatic heterocycles. The molecule has 0 aliphatic rings. The lowest BCUT2D eigenvalue weighted by Gasteiger charge is -2.23. The van der Waals surface area contributed by atoms with Crippen LogP contribution in [0.25, 0.3) is 0 Å². The molecule has 2 N–H and O–H groups in total. The minimum atomic E-state index is -0.988. The Morgan fingerprint density at radius 2 is 2.20 bits per heavy atom. The smallest absolute Gasteiger partial charge is 0.284 e. The third-order valence-electron chi connectivity index (χ3n) is 2.84. The van der Waals surface area contributed by atoms with Crippen LogP contribution >= 0.6 is 15.9 Å². The molecule has 20 heavy (non-hydrogen) atoms.